The van der Waals surface area contributed by atoms with Crippen LogP contribution in [0.3, 0.4) is 0 Å². The highest BCUT2D eigenvalue weighted by Gasteiger charge is 2.13. The average molecular weight is 491 g/mol. The van der Waals surface area contributed by atoms with E-state index in [-0.39, 0.29) is 17.4 Å². The zero-order chi connectivity index (χ0) is 22.8. The first-order valence-electron chi connectivity index (χ1n) is 9.81. The molecule has 2 N–H and O–H groups in total. The number of para-hydroxylation sites is 1. The maximum atomic E-state index is 13.0. The lowest BCUT2D eigenvalue weighted by Gasteiger charge is -2.13. The fourth-order valence-electron chi connectivity index (χ4n) is 3.42. The Morgan fingerprint density at radius 1 is 0.938 bits per heavy atom. The van der Waals surface area contributed by atoms with E-state index in [9.17, 15) is 14.4 Å². The van der Waals surface area contributed by atoms with Gasteiger partial charge in [0.2, 0.25) is 5.91 Å². The predicted molar refractivity (Wildman–Crippen MR) is 128 cm³/mol. The molecule has 0 aliphatic heterocycles. The van der Waals surface area contributed by atoms with Gasteiger partial charge in [0.25, 0.3) is 11.5 Å². The molecule has 160 valence electrons. The number of aromatic nitrogens is 2. The van der Waals surface area contributed by atoms with Crippen LogP contribution in [0.5, 0.6) is 0 Å². The summed E-state index contributed by atoms with van der Waals surface area (Å²) in [5.41, 5.74) is 2.46. The Balaban J connectivity index is 1.64. The third kappa shape index (κ3) is 4.31. The van der Waals surface area contributed by atoms with Crippen LogP contribution in [0.2, 0.25) is 0 Å². The van der Waals surface area contributed by atoms with Crippen LogP contribution in [-0.2, 0) is 4.79 Å². The Morgan fingerprint density at radius 2 is 1.66 bits per heavy atom. The number of nitrogens with one attached hydrogen (secondary N) is 2. The van der Waals surface area contributed by atoms with Crippen LogP contribution >= 0.6 is 15.9 Å². The Kier molecular flexibility index (Phi) is 5.87. The van der Waals surface area contributed by atoms with Gasteiger partial charge in [0.1, 0.15) is 5.82 Å². The first kappa shape index (κ1) is 21.5. The lowest BCUT2D eigenvalue weighted by Crippen LogP contribution is -2.22. The smallest absolute Gasteiger partial charge is 0.265 e. The van der Waals surface area contributed by atoms with Crippen LogP contribution in [0.15, 0.2) is 76.0 Å². The van der Waals surface area contributed by atoms with Gasteiger partial charge in [0.15, 0.2) is 0 Å². The molecule has 0 fully saturated rings. The van der Waals surface area contributed by atoms with Gasteiger partial charge in [-0.15, -0.1) is 0 Å². The summed E-state index contributed by atoms with van der Waals surface area (Å²) in [7, 11) is 0. The van der Waals surface area contributed by atoms with Crippen molar-refractivity contribution in [2.45, 2.75) is 13.8 Å². The molecule has 0 aliphatic rings. The van der Waals surface area contributed by atoms with Crippen molar-refractivity contribution >= 4 is 50.0 Å². The Labute approximate surface area is 192 Å². The van der Waals surface area contributed by atoms with Gasteiger partial charge in [-0.25, -0.2) is 4.98 Å². The molecule has 2 amide bonds. The number of halogens is 1. The van der Waals surface area contributed by atoms with E-state index in [0.29, 0.717) is 39.4 Å². The summed E-state index contributed by atoms with van der Waals surface area (Å²) in [6.07, 6.45) is 0. The van der Waals surface area contributed by atoms with Gasteiger partial charge >= 0.3 is 0 Å². The minimum atomic E-state index is -0.345. The molecule has 32 heavy (non-hydrogen) atoms. The number of benzene rings is 3. The van der Waals surface area contributed by atoms with Crippen LogP contribution < -0.4 is 16.2 Å². The van der Waals surface area contributed by atoms with Crippen molar-refractivity contribution in [3.63, 3.8) is 0 Å². The Bertz CT molecular complexity index is 1410. The van der Waals surface area contributed by atoms with E-state index in [1.165, 1.54) is 11.5 Å². The van der Waals surface area contributed by atoms with E-state index < -0.39 is 0 Å². The average Bonchev–Trinajstić information content (AvgIpc) is 2.76. The van der Waals surface area contributed by atoms with Gasteiger partial charge < -0.3 is 10.6 Å². The van der Waals surface area contributed by atoms with Gasteiger partial charge in [-0.05, 0) is 61.5 Å². The first-order valence-corrected chi connectivity index (χ1v) is 10.6. The minimum absolute atomic E-state index is 0.167. The summed E-state index contributed by atoms with van der Waals surface area (Å²) in [5.74, 6) is -0.0288. The number of fused-ring (bicyclic) bond motifs is 1. The summed E-state index contributed by atoms with van der Waals surface area (Å²) in [4.78, 5) is 41.7. The van der Waals surface area contributed by atoms with Crippen LogP contribution in [0.25, 0.3) is 16.6 Å². The number of nitrogens with zero attached hydrogens (tertiary/aromatic N) is 2. The van der Waals surface area contributed by atoms with Gasteiger partial charge in [0, 0.05) is 17.0 Å². The number of carbonyl (C=O) groups excluding carboxylic acids is 2. The first-order chi connectivity index (χ1) is 15.3. The fraction of sp³-hybridized carbons (Fsp3) is 0.0833. The van der Waals surface area contributed by atoms with Crippen molar-refractivity contribution < 1.29 is 9.59 Å². The molecule has 4 rings (SSSR count). The van der Waals surface area contributed by atoms with Crippen molar-refractivity contribution in [2.24, 2.45) is 0 Å². The molecule has 8 heteroatoms. The molecule has 1 heterocycles. The summed E-state index contributed by atoms with van der Waals surface area (Å²) in [5, 5.41) is 6.04. The van der Waals surface area contributed by atoms with E-state index in [1.807, 2.05) is 6.07 Å². The lowest BCUT2D eigenvalue weighted by molar-refractivity contribution is -0.114. The maximum Gasteiger partial charge on any atom is 0.265 e. The number of anilines is 2. The van der Waals surface area contributed by atoms with Gasteiger partial charge in [0.05, 0.1) is 28.0 Å². The lowest BCUT2D eigenvalue weighted by atomic mass is 10.1. The molecule has 0 atom stereocenters. The van der Waals surface area contributed by atoms with Gasteiger partial charge in [-0.3, -0.25) is 19.0 Å². The molecule has 1 aromatic heterocycles. The standard InChI is InChI=1S/C24H19BrN4O3/c1-14-26-20-6-4-3-5-19(20)24(32)29(14)18-10-7-16(8-11-18)23(31)28-22-13-17(25)9-12-21(22)27-15(2)30/h3-13H,1-2H3,(H,27,30)(H,28,31). The van der Waals surface area contributed by atoms with E-state index in [1.54, 1.807) is 67.6 Å². The predicted octanol–water partition coefficient (Wildman–Crippen LogP) is 4.67. The fourth-order valence-corrected chi connectivity index (χ4v) is 3.78. The third-order valence-corrected chi connectivity index (χ3v) is 5.36. The van der Waals surface area contributed by atoms with E-state index >= 15 is 0 Å². The molecule has 0 saturated heterocycles. The SMILES string of the molecule is CC(=O)Nc1ccc(Br)cc1NC(=O)c1ccc(-n2c(C)nc3ccccc3c2=O)cc1. The largest absolute Gasteiger partial charge is 0.325 e. The second kappa shape index (κ2) is 8.76. The molecule has 0 saturated carbocycles. The number of hydrogen-bond acceptors (Lipinski definition) is 4. The highest BCUT2D eigenvalue weighted by molar-refractivity contribution is 9.10. The molecule has 0 aliphatic carbocycles. The third-order valence-electron chi connectivity index (χ3n) is 4.87. The summed E-state index contributed by atoms with van der Waals surface area (Å²) < 4.78 is 2.28. The molecular weight excluding hydrogens is 472 g/mol. The van der Waals surface area contributed by atoms with Crippen molar-refractivity contribution in [1.82, 2.24) is 9.55 Å². The normalized spacial score (nSPS) is 10.7. The molecule has 4 aromatic rings. The summed E-state index contributed by atoms with van der Waals surface area (Å²) >= 11 is 3.37. The highest BCUT2D eigenvalue weighted by atomic mass is 79.9. The van der Waals surface area contributed by atoms with Gasteiger partial charge in [-0.1, -0.05) is 28.1 Å². The number of aryl methyl sites for hydroxylation is 1. The Morgan fingerprint density at radius 3 is 2.38 bits per heavy atom. The Hall–Kier alpha value is -3.78. The summed E-state index contributed by atoms with van der Waals surface area (Å²) in [6, 6.07) is 19.1. The molecule has 3 aromatic carbocycles. The molecular formula is C24H19BrN4O3. The topological polar surface area (TPSA) is 93.1 Å². The van der Waals surface area contributed by atoms with Crippen LogP contribution in [0, 0.1) is 6.92 Å². The second-order valence-corrected chi connectivity index (χ2v) is 8.10. The zero-order valence-corrected chi connectivity index (χ0v) is 18.9. The number of amides is 2. The minimum Gasteiger partial charge on any atom is -0.325 e. The summed E-state index contributed by atoms with van der Waals surface area (Å²) in [6.45, 7) is 3.17. The number of hydrogen-bond donors (Lipinski definition) is 2. The quantitative estimate of drug-likeness (QED) is 0.434. The van der Waals surface area contributed by atoms with Crippen molar-refractivity contribution in [2.75, 3.05) is 10.6 Å². The van der Waals surface area contributed by atoms with Gasteiger partial charge in [-0.2, -0.15) is 0 Å². The van der Waals surface area contributed by atoms with Crippen molar-refractivity contribution in [3.8, 4) is 5.69 Å². The highest BCUT2D eigenvalue weighted by Crippen LogP contribution is 2.27. The molecule has 0 unspecified atom stereocenters. The maximum absolute atomic E-state index is 13.0. The monoisotopic (exact) mass is 490 g/mol. The van der Waals surface area contributed by atoms with E-state index in [2.05, 4.69) is 31.5 Å². The molecule has 0 bridgehead atoms. The number of rotatable bonds is 4. The van der Waals surface area contributed by atoms with Crippen LogP contribution in [0.4, 0.5) is 11.4 Å². The molecule has 0 spiro atoms. The zero-order valence-electron chi connectivity index (χ0n) is 17.3. The van der Waals surface area contributed by atoms with E-state index in [4.69, 9.17) is 0 Å². The van der Waals surface area contributed by atoms with Crippen LogP contribution in [0.1, 0.15) is 23.1 Å². The van der Waals surface area contributed by atoms with E-state index in [0.717, 1.165) is 4.47 Å². The second-order valence-electron chi connectivity index (χ2n) is 7.19. The molecule has 0 radical (unpaired) electrons. The van der Waals surface area contributed by atoms with Crippen molar-refractivity contribution in [1.29, 1.82) is 0 Å². The van der Waals surface area contributed by atoms with Crippen molar-refractivity contribution in [3.05, 3.63) is 92.9 Å². The molecule has 7 nitrogen and oxygen atoms in total. The number of carbonyl (C=O) groups is 2. The van der Waals surface area contributed by atoms with Crippen LogP contribution in [-0.4, -0.2) is 21.4 Å².